The average Bonchev–Trinajstić information content (AvgIpc) is 2.65. The highest BCUT2D eigenvalue weighted by Crippen LogP contribution is 2.15. The van der Waals surface area contributed by atoms with Crippen molar-refractivity contribution < 1.29 is 19.1 Å². The van der Waals surface area contributed by atoms with Crippen molar-refractivity contribution in [2.45, 2.75) is 19.8 Å². The van der Waals surface area contributed by atoms with Crippen molar-refractivity contribution >= 4 is 23.9 Å². The lowest BCUT2D eigenvalue weighted by Crippen LogP contribution is -2.33. The maximum atomic E-state index is 11.8. The maximum absolute atomic E-state index is 11.8. The number of carbonyl (C=O) groups is 3. The molecule has 2 amide bonds. The van der Waals surface area contributed by atoms with Crippen molar-refractivity contribution in [2.75, 3.05) is 6.61 Å². The van der Waals surface area contributed by atoms with E-state index in [0.29, 0.717) is 11.5 Å². The average molecular weight is 351 g/mol. The van der Waals surface area contributed by atoms with Gasteiger partial charge in [0.2, 0.25) is 0 Å². The molecule has 134 valence electrons. The normalized spacial score (nSPS) is 10.7. The minimum atomic E-state index is -0.679. The summed E-state index contributed by atoms with van der Waals surface area (Å²) in [5.41, 5.74) is 2.43. The summed E-state index contributed by atoms with van der Waals surface area (Å²) in [5, 5.41) is 2.16. The fraction of sp³-hybridized carbons (Fsp3) is 0.190. The summed E-state index contributed by atoms with van der Waals surface area (Å²) in [6.45, 7) is 3.69. The molecule has 0 aliphatic carbocycles. The van der Waals surface area contributed by atoms with Crippen LogP contribution < -0.4 is 5.32 Å². The SMILES string of the molecule is CC(C)c1ccc(/C=C/C(=O)OCC(=O)NC(=O)c2ccccc2)cc1. The molecule has 0 spiro atoms. The van der Waals surface area contributed by atoms with E-state index in [1.54, 1.807) is 36.4 Å². The van der Waals surface area contributed by atoms with Gasteiger partial charge in [-0.2, -0.15) is 0 Å². The topological polar surface area (TPSA) is 72.5 Å². The fourth-order valence-electron chi connectivity index (χ4n) is 2.17. The van der Waals surface area contributed by atoms with Crippen molar-refractivity contribution in [3.05, 3.63) is 77.4 Å². The highest BCUT2D eigenvalue weighted by molar-refractivity contribution is 6.05. The Bertz CT molecular complexity index is 793. The first-order valence-corrected chi connectivity index (χ1v) is 8.29. The van der Waals surface area contributed by atoms with Crippen molar-refractivity contribution in [3.63, 3.8) is 0 Å². The molecule has 26 heavy (non-hydrogen) atoms. The first-order valence-electron chi connectivity index (χ1n) is 8.29. The molecule has 0 radical (unpaired) electrons. The fourth-order valence-corrected chi connectivity index (χ4v) is 2.17. The van der Waals surface area contributed by atoms with Gasteiger partial charge in [0.25, 0.3) is 11.8 Å². The van der Waals surface area contributed by atoms with E-state index in [1.165, 1.54) is 11.6 Å². The van der Waals surface area contributed by atoms with Gasteiger partial charge in [0.15, 0.2) is 6.61 Å². The molecular formula is C21H21NO4. The van der Waals surface area contributed by atoms with E-state index in [-0.39, 0.29) is 0 Å². The third kappa shape index (κ3) is 6.02. The Morgan fingerprint density at radius 3 is 2.27 bits per heavy atom. The first kappa shape index (κ1) is 19.1. The molecule has 2 aromatic rings. The molecule has 0 saturated carbocycles. The number of ether oxygens (including phenoxy) is 1. The monoisotopic (exact) mass is 351 g/mol. The van der Waals surface area contributed by atoms with Crippen LogP contribution in [0.3, 0.4) is 0 Å². The molecular weight excluding hydrogens is 330 g/mol. The second-order valence-electron chi connectivity index (χ2n) is 6.01. The van der Waals surface area contributed by atoms with Crippen LogP contribution in [0.2, 0.25) is 0 Å². The van der Waals surface area contributed by atoms with Gasteiger partial charge in [-0.3, -0.25) is 14.9 Å². The van der Waals surface area contributed by atoms with Crippen LogP contribution in [0.15, 0.2) is 60.7 Å². The quantitative estimate of drug-likeness (QED) is 0.640. The van der Waals surface area contributed by atoms with Crippen LogP contribution in [0.5, 0.6) is 0 Å². The van der Waals surface area contributed by atoms with E-state index in [1.807, 2.05) is 24.3 Å². The lowest BCUT2D eigenvalue weighted by molar-refractivity contribution is -0.143. The molecule has 0 heterocycles. The Morgan fingerprint density at radius 2 is 1.65 bits per heavy atom. The van der Waals surface area contributed by atoms with Crippen molar-refractivity contribution in [3.8, 4) is 0 Å². The van der Waals surface area contributed by atoms with E-state index in [0.717, 1.165) is 5.56 Å². The lowest BCUT2D eigenvalue weighted by atomic mass is 10.0. The predicted molar refractivity (Wildman–Crippen MR) is 99.4 cm³/mol. The van der Waals surface area contributed by atoms with Crippen molar-refractivity contribution in [2.24, 2.45) is 0 Å². The molecule has 5 heteroatoms. The molecule has 0 aromatic heterocycles. The summed E-state index contributed by atoms with van der Waals surface area (Å²) in [5.74, 6) is -1.43. The van der Waals surface area contributed by atoms with Gasteiger partial charge in [-0.25, -0.2) is 4.79 Å². The molecule has 0 fully saturated rings. The Kier molecular flexibility index (Phi) is 6.85. The predicted octanol–water partition coefficient (Wildman–Crippen LogP) is 3.32. The van der Waals surface area contributed by atoms with Crippen LogP contribution in [-0.2, 0) is 14.3 Å². The standard InChI is InChI=1S/C21H21NO4/c1-15(2)17-11-8-16(9-12-17)10-13-20(24)26-14-19(23)22-21(25)18-6-4-3-5-7-18/h3-13,15H,14H2,1-2H3,(H,22,23,25)/b13-10+. The van der Waals surface area contributed by atoms with E-state index in [9.17, 15) is 14.4 Å². The van der Waals surface area contributed by atoms with E-state index >= 15 is 0 Å². The number of esters is 1. The van der Waals surface area contributed by atoms with Crippen LogP contribution >= 0.6 is 0 Å². The van der Waals surface area contributed by atoms with Gasteiger partial charge in [0.1, 0.15) is 0 Å². The Labute approximate surface area is 152 Å². The van der Waals surface area contributed by atoms with Gasteiger partial charge in [-0.15, -0.1) is 0 Å². The number of rotatable bonds is 6. The minimum Gasteiger partial charge on any atom is -0.452 e. The second-order valence-corrected chi connectivity index (χ2v) is 6.01. The minimum absolute atomic E-state index is 0.358. The van der Waals surface area contributed by atoms with E-state index < -0.39 is 24.4 Å². The Hall–Kier alpha value is -3.21. The molecule has 5 nitrogen and oxygen atoms in total. The number of hydrogen-bond donors (Lipinski definition) is 1. The number of benzene rings is 2. The largest absolute Gasteiger partial charge is 0.452 e. The summed E-state index contributed by atoms with van der Waals surface area (Å²) in [6.07, 6.45) is 2.86. The van der Waals surface area contributed by atoms with Crippen LogP contribution in [0.1, 0.15) is 41.3 Å². The van der Waals surface area contributed by atoms with Gasteiger partial charge in [0, 0.05) is 11.6 Å². The first-order chi connectivity index (χ1) is 12.5. The van der Waals surface area contributed by atoms with Gasteiger partial charge in [-0.1, -0.05) is 56.3 Å². The van der Waals surface area contributed by atoms with Crippen molar-refractivity contribution in [1.29, 1.82) is 0 Å². The molecule has 0 aliphatic heterocycles. The highest BCUT2D eigenvalue weighted by Gasteiger charge is 2.11. The van der Waals surface area contributed by atoms with E-state index in [4.69, 9.17) is 4.74 Å². The summed E-state index contributed by atoms with van der Waals surface area (Å²) in [7, 11) is 0. The van der Waals surface area contributed by atoms with Gasteiger partial charge in [0.05, 0.1) is 0 Å². The second kappa shape index (κ2) is 9.32. The third-order valence-corrected chi connectivity index (χ3v) is 3.65. The number of carbonyl (C=O) groups excluding carboxylic acids is 3. The van der Waals surface area contributed by atoms with Gasteiger partial charge < -0.3 is 4.74 Å². The zero-order valence-corrected chi connectivity index (χ0v) is 14.8. The number of amides is 2. The molecule has 0 saturated heterocycles. The number of hydrogen-bond acceptors (Lipinski definition) is 4. The third-order valence-electron chi connectivity index (χ3n) is 3.65. The molecule has 2 aromatic carbocycles. The van der Waals surface area contributed by atoms with Crippen LogP contribution in [0.25, 0.3) is 6.08 Å². The molecule has 1 N–H and O–H groups in total. The molecule has 0 aliphatic rings. The number of nitrogens with one attached hydrogen (secondary N) is 1. The summed E-state index contributed by atoms with van der Waals surface area (Å²) in [6, 6.07) is 16.1. The van der Waals surface area contributed by atoms with Gasteiger partial charge in [-0.05, 0) is 35.3 Å². The molecule has 0 bridgehead atoms. The summed E-state index contributed by atoms with van der Waals surface area (Å²) < 4.78 is 4.83. The molecule has 0 unspecified atom stereocenters. The molecule has 0 atom stereocenters. The summed E-state index contributed by atoms with van der Waals surface area (Å²) >= 11 is 0. The smallest absolute Gasteiger partial charge is 0.331 e. The van der Waals surface area contributed by atoms with Crippen LogP contribution in [-0.4, -0.2) is 24.4 Å². The molecule has 2 rings (SSSR count). The Morgan fingerprint density at radius 1 is 1.00 bits per heavy atom. The zero-order chi connectivity index (χ0) is 18.9. The number of imide groups is 1. The highest BCUT2D eigenvalue weighted by atomic mass is 16.5. The Balaban J connectivity index is 1.78. The van der Waals surface area contributed by atoms with E-state index in [2.05, 4.69) is 19.2 Å². The maximum Gasteiger partial charge on any atom is 0.331 e. The van der Waals surface area contributed by atoms with Gasteiger partial charge >= 0.3 is 5.97 Å². The zero-order valence-electron chi connectivity index (χ0n) is 14.8. The van der Waals surface area contributed by atoms with Crippen LogP contribution in [0.4, 0.5) is 0 Å². The lowest BCUT2D eigenvalue weighted by Gasteiger charge is -2.05. The van der Waals surface area contributed by atoms with Crippen LogP contribution in [0, 0.1) is 0 Å². The summed E-state index contributed by atoms with van der Waals surface area (Å²) in [4.78, 5) is 35.2. The van der Waals surface area contributed by atoms with Crippen molar-refractivity contribution in [1.82, 2.24) is 5.32 Å².